The van der Waals surface area contributed by atoms with Crippen molar-refractivity contribution in [2.45, 2.75) is 18.7 Å². The summed E-state index contributed by atoms with van der Waals surface area (Å²) >= 11 is 3.39. The van der Waals surface area contributed by atoms with Crippen molar-refractivity contribution in [3.8, 4) is 5.75 Å². The van der Waals surface area contributed by atoms with Crippen LogP contribution in [0, 0.1) is 13.8 Å². The standard InChI is InChI=1S/C15H16BrNO3S/c1-10-4-7-14(20-3)15(8-10)21(18,19)17-12-5-6-13(16)11(2)9-12/h4-9,17H,1-3H3. The van der Waals surface area contributed by atoms with Crippen molar-refractivity contribution < 1.29 is 13.2 Å². The van der Waals surface area contributed by atoms with E-state index in [0.717, 1.165) is 15.6 Å². The Balaban J connectivity index is 2.42. The van der Waals surface area contributed by atoms with Gasteiger partial charge in [0.15, 0.2) is 0 Å². The van der Waals surface area contributed by atoms with E-state index in [-0.39, 0.29) is 4.90 Å². The topological polar surface area (TPSA) is 55.4 Å². The molecule has 0 aliphatic carbocycles. The molecule has 0 bridgehead atoms. The van der Waals surface area contributed by atoms with E-state index in [9.17, 15) is 8.42 Å². The monoisotopic (exact) mass is 369 g/mol. The summed E-state index contributed by atoms with van der Waals surface area (Å²) in [6.45, 7) is 3.73. The van der Waals surface area contributed by atoms with Crippen LogP contribution in [-0.4, -0.2) is 15.5 Å². The Morgan fingerprint density at radius 1 is 1.10 bits per heavy atom. The van der Waals surface area contributed by atoms with Gasteiger partial charge < -0.3 is 4.74 Å². The molecule has 0 radical (unpaired) electrons. The number of ether oxygens (including phenoxy) is 1. The van der Waals surface area contributed by atoms with Crippen molar-refractivity contribution in [2.24, 2.45) is 0 Å². The van der Waals surface area contributed by atoms with Crippen molar-refractivity contribution in [3.63, 3.8) is 0 Å². The summed E-state index contributed by atoms with van der Waals surface area (Å²) < 4.78 is 33.7. The van der Waals surface area contributed by atoms with E-state index >= 15 is 0 Å². The molecular weight excluding hydrogens is 354 g/mol. The predicted octanol–water partition coefficient (Wildman–Crippen LogP) is 3.88. The first-order valence-electron chi connectivity index (χ1n) is 6.27. The van der Waals surface area contributed by atoms with E-state index in [0.29, 0.717) is 11.4 Å². The second-order valence-electron chi connectivity index (χ2n) is 4.72. The molecule has 0 aliphatic rings. The fourth-order valence-corrected chi connectivity index (χ4v) is 3.46. The Labute approximate surface area is 133 Å². The van der Waals surface area contributed by atoms with Crippen molar-refractivity contribution in [2.75, 3.05) is 11.8 Å². The number of halogens is 1. The highest BCUT2D eigenvalue weighted by molar-refractivity contribution is 9.10. The molecule has 0 fully saturated rings. The highest BCUT2D eigenvalue weighted by Crippen LogP contribution is 2.28. The van der Waals surface area contributed by atoms with Crippen LogP contribution in [0.5, 0.6) is 5.75 Å². The van der Waals surface area contributed by atoms with E-state index in [1.807, 2.05) is 19.9 Å². The smallest absolute Gasteiger partial charge is 0.265 e. The van der Waals surface area contributed by atoms with E-state index in [1.54, 1.807) is 30.3 Å². The maximum atomic E-state index is 12.5. The van der Waals surface area contributed by atoms with Gasteiger partial charge in [-0.2, -0.15) is 0 Å². The number of methoxy groups -OCH3 is 1. The highest BCUT2D eigenvalue weighted by atomic mass is 79.9. The molecule has 0 unspecified atom stereocenters. The van der Waals surface area contributed by atoms with Crippen molar-refractivity contribution in [1.82, 2.24) is 0 Å². The SMILES string of the molecule is COc1ccc(C)cc1S(=O)(=O)Nc1ccc(Br)c(C)c1. The Kier molecular flexibility index (Phi) is 4.58. The quantitative estimate of drug-likeness (QED) is 0.889. The van der Waals surface area contributed by atoms with Gasteiger partial charge in [0.25, 0.3) is 10.0 Å². The van der Waals surface area contributed by atoms with E-state index < -0.39 is 10.0 Å². The zero-order valence-corrected chi connectivity index (χ0v) is 14.4. The molecule has 6 heteroatoms. The van der Waals surface area contributed by atoms with Gasteiger partial charge in [0.1, 0.15) is 10.6 Å². The van der Waals surface area contributed by atoms with Crippen molar-refractivity contribution in [3.05, 3.63) is 52.0 Å². The molecule has 0 atom stereocenters. The van der Waals surface area contributed by atoms with Crippen molar-refractivity contribution in [1.29, 1.82) is 0 Å². The first-order valence-corrected chi connectivity index (χ1v) is 8.55. The average molecular weight is 370 g/mol. The second kappa shape index (κ2) is 6.07. The molecule has 0 heterocycles. The van der Waals surface area contributed by atoms with Crippen LogP contribution in [0.4, 0.5) is 5.69 Å². The third-order valence-corrected chi connectivity index (χ3v) is 5.31. The number of nitrogens with one attached hydrogen (secondary N) is 1. The van der Waals surface area contributed by atoms with Crippen LogP contribution in [0.3, 0.4) is 0 Å². The minimum absolute atomic E-state index is 0.130. The highest BCUT2D eigenvalue weighted by Gasteiger charge is 2.20. The second-order valence-corrected chi connectivity index (χ2v) is 7.23. The number of hydrogen-bond acceptors (Lipinski definition) is 3. The lowest BCUT2D eigenvalue weighted by molar-refractivity contribution is 0.402. The number of sulfonamides is 1. The Hall–Kier alpha value is -1.53. The van der Waals surface area contributed by atoms with Crippen molar-refractivity contribution >= 4 is 31.6 Å². The first-order chi connectivity index (χ1) is 9.83. The Bertz CT molecular complexity index is 772. The third-order valence-electron chi connectivity index (χ3n) is 3.02. The maximum Gasteiger partial charge on any atom is 0.265 e. The lowest BCUT2D eigenvalue weighted by atomic mass is 10.2. The summed E-state index contributed by atoms with van der Waals surface area (Å²) in [6.07, 6.45) is 0. The molecule has 0 aliphatic heterocycles. The summed E-state index contributed by atoms with van der Waals surface area (Å²) in [5.41, 5.74) is 2.31. The average Bonchev–Trinajstić information content (AvgIpc) is 2.42. The zero-order chi connectivity index (χ0) is 15.6. The molecule has 112 valence electrons. The van der Waals surface area contributed by atoms with Gasteiger partial charge >= 0.3 is 0 Å². The molecule has 0 saturated carbocycles. The molecule has 0 amide bonds. The number of anilines is 1. The van der Waals surface area contributed by atoms with Gasteiger partial charge in [-0.1, -0.05) is 22.0 Å². The minimum atomic E-state index is -3.70. The van der Waals surface area contributed by atoms with Gasteiger partial charge in [-0.15, -0.1) is 0 Å². The van der Waals surface area contributed by atoms with Gasteiger partial charge in [0.2, 0.25) is 0 Å². The van der Waals surface area contributed by atoms with Gasteiger partial charge in [-0.05, 0) is 55.3 Å². The van der Waals surface area contributed by atoms with Crippen LogP contribution >= 0.6 is 15.9 Å². The number of hydrogen-bond donors (Lipinski definition) is 1. The van der Waals surface area contributed by atoms with E-state index in [2.05, 4.69) is 20.7 Å². The summed E-state index contributed by atoms with van der Waals surface area (Å²) in [6, 6.07) is 10.3. The summed E-state index contributed by atoms with van der Waals surface area (Å²) in [4.78, 5) is 0.130. The number of benzene rings is 2. The van der Waals surface area contributed by atoms with Gasteiger partial charge in [-0.3, -0.25) is 4.72 Å². The lowest BCUT2D eigenvalue weighted by Gasteiger charge is -2.13. The maximum absolute atomic E-state index is 12.5. The summed E-state index contributed by atoms with van der Waals surface area (Å²) in [5, 5.41) is 0. The Morgan fingerprint density at radius 2 is 1.81 bits per heavy atom. The van der Waals surface area contributed by atoms with E-state index in [1.165, 1.54) is 7.11 Å². The lowest BCUT2D eigenvalue weighted by Crippen LogP contribution is -2.14. The molecule has 21 heavy (non-hydrogen) atoms. The molecule has 0 spiro atoms. The molecule has 0 aromatic heterocycles. The minimum Gasteiger partial charge on any atom is -0.495 e. The normalized spacial score (nSPS) is 11.2. The van der Waals surface area contributed by atoms with Crippen LogP contribution in [0.2, 0.25) is 0 Å². The first kappa shape index (κ1) is 15.9. The van der Waals surface area contributed by atoms with Gasteiger partial charge in [0.05, 0.1) is 7.11 Å². The Morgan fingerprint density at radius 3 is 2.43 bits per heavy atom. The summed E-state index contributed by atoms with van der Waals surface area (Å²) in [7, 11) is -2.25. The van der Waals surface area contributed by atoms with Gasteiger partial charge in [-0.25, -0.2) is 8.42 Å². The van der Waals surface area contributed by atoms with Crippen LogP contribution in [0.1, 0.15) is 11.1 Å². The van der Waals surface area contributed by atoms with Crippen LogP contribution in [0.15, 0.2) is 45.8 Å². The molecule has 2 aromatic rings. The van der Waals surface area contributed by atoms with Crippen LogP contribution < -0.4 is 9.46 Å². The molecular formula is C15H16BrNO3S. The largest absolute Gasteiger partial charge is 0.495 e. The molecule has 2 rings (SSSR count). The molecule has 0 saturated heterocycles. The van der Waals surface area contributed by atoms with Crippen LogP contribution in [0.25, 0.3) is 0 Å². The predicted molar refractivity (Wildman–Crippen MR) is 87.4 cm³/mol. The molecule has 4 nitrogen and oxygen atoms in total. The number of aryl methyl sites for hydroxylation is 2. The van der Waals surface area contributed by atoms with Gasteiger partial charge in [0, 0.05) is 10.2 Å². The third kappa shape index (κ3) is 3.57. The number of rotatable bonds is 4. The molecule has 1 N–H and O–H groups in total. The zero-order valence-electron chi connectivity index (χ0n) is 12.0. The van der Waals surface area contributed by atoms with E-state index in [4.69, 9.17) is 4.74 Å². The fraction of sp³-hybridized carbons (Fsp3) is 0.200. The molecule has 2 aromatic carbocycles. The fourth-order valence-electron chi connectivity index (χ4n) is 1.91. The van der Waals surface area contributed by atoms with Crippen LogP contribution in [-0.2, 0) is 10.0 Å². The summed E-state index contributed by atoms with van der Waals surface area (Å²) in [5.74, 6) is 0.321.